The number of nitrogens with zero attached hydrogens (tertiary/aromatic N) is 1. The van der Waals surface area contributed by atoms with Gasteiger partial charge in [-0.05, 0) is 30.2 Å². The molecule has 1 amide bonds. The Morgan fingerprint density at radius 2 is 1.85 bits per heavy atom. The quantitative estimate of drug-likeness (QED) is 0.797. The molecule has 20 heavy (non-hydrogen) atoms. The third-order valence-electron chi connectivity index (χ3n) is 3.36. The van der Waals surface area contributed by atoms with Crippen LogP contribution in [-0.2, 0) is 14.6 Å². The van der Waals surface area contributed by atoms with Crippen molar-refractivity contribution in [3.05, 3.63) is 30.1 Å². The molecule has 0 aromatic heterocycles. The summed E-state index contributed by atoms with van der Waals surface area (Å²) >= 11 is 0. The van der Waals surface area contributed by atoms with Gasteiger partial charge in [-0.1, -0.05) is 13.8 Å². The van der Waals surface area contributed by atoms with E-state index in [1.165, 1.54) is 12.1 Å². The van der Waals surface area contributed by atoms with Crippen LogP contribution in [0.25, 0.3) is 0 Å². The highest BCUT2D eigenvalue weighted by molar-refractivity contribution is 7.92. The number of benzene rings is 1. The Morgan fingerprint density at radius 3 is 2.35 bits per heavy atom. The molecule has 0 aliphatic carbocycles. The van der Waals surface area contributed by atoms with Gasteiger partial charge in [-0.3, -0.25) is 4.79 Å². The average Bonchev–Trinajstić information content (AvgIpc) is 2.25. The van der Waals surface area contributed by atoms with E-state index in [1.54, 1.807) is 4.90 Å². The largest absolute Gasteiger partial charge is 0.340 e. The molecular weight excluding hydrogens is 281 g/mol. The van der Waals surface area contributed by atoms with Crippen molar-refractivity contribution < 1.29 is 17.6 Å². The van der Waals surface area contributed by atoms with Gasteiger partial charge in [0.05, 0.1) is 4.90 Å². The Morgan fingerprint density at radius 1 is 1.30 bits per heavy atom. The molecule has 110 valence electrons. The lowest BCUT2D eigenvalue weighted by molar-refractivity contribution is -0.135. The lowest BCUT2D eigenvalue weighted by Gasteiger charge is -2.39. The zero-order chi connectivity index (χ0) is 14.9. The molecule has 1 aromatic rings. The minimum absolute atomic E-state index is 0.00874. The summed E-state index contributed by atoms with van der Waals surface area (Å²) in [7, 11) is -3.47. The fraction of sp³-hybridized carbons (Fsp3) is 0.500. The molecule has 1 saturated heterocycles. The number of sulfone groups is 1. The first-order valence-electron chi connectivity index (χ1n) is 6.58. The molecule has 0 radical (unpaired) electrons. The van der Waals surface area contributed by atoms with E-state index in [2.05, 4.69) is 0 Å². The zero-order valence-electron chi connectivity index (χ0n) is 11.5. The highest BCUT2D eigenvalue weighted by Crippen LogP contribution is 2.24. The van der Waals surface area contributed by atoms with Gasteiger partial charge in [0, 0.05) is 19.5 Å². The van der Waals surface area contributed by atoms with Crippen LogP contribution in [0, 0.1) is 11.7 Å². The molecule has 0 N–H and O–H groups in total. The molecule has 0 unspecified atom stereocenters. The van der Waals surface area contributed by atoms with Crippen LogP contribution in [0.15, 0.2) is 29.2 Å². The first-order valence-corrected chi connectivity index (χ1v) is 8.12. The number of amides is 1. The molecule has 1 heterocycles. The number of halogens is 1. The highest BCUT2D eigenvalue weighted by atomic mass is 32.2. The highest BCUT2D eigenvalue weighted by Gasteiger charge is 2.40. The van der Waals surface area contributed by atoms with Crippen molar-refractivity contribution in [2.75, 3.05) is 13.1 Å². The van der Waals surface area contributed by atoms with E-state index in [0.29, 0.717) is 6.42 Å². The molecule has 0 atom stereocenters. The van der Waals surface area contributed by atoms with E-state index in [-0.39, 0.29) is 29.8 Å². The van der Waals surface area contributed by atoms with Gasteiger partial charge in [0.1, 0.15) is 11.1 Å². The topological polar surface area (TPSA) is 54.5 Å². The number of hydrogen-bond acceptors (Lipinski definition) is 3. The van der Waals surface area contributed by atoms with Crippen LogP contribution in [0.1, 0.15) is 20.3 Å². The standard InChI is InChI=1S/C14H18FNO3S/c1-10(2)7-14(17)16-8-13(9-16)20(18,19)12-5-3-11(15)4-6-12/h3-6,10,13H,7-9H2,1-2H3. The van der Waals surface area contributed by atoms with Crippen LogP contribution >= 0.6 is 0 Å². The lowest BCUT2D eigenvalue weighted by atomic mass is 10.1. The normalized spacial score (nSPS) is 16.3. The molecule has 0 bridgehead atoms. The summed E-state index contributed by atoms with van der Waals surface area (Å²) < 4.78 is 37.3. The summed E-state index contributed by atoms with van der Waals surface area (Å²) in [5, 5.41) is -0.580. The monoisotopic (exact) mass is 299 g/mol. The summed E-state index contributed by atoms with van der Waals surface area (Å²) in [6, 6.07) is 4.80. The van der Waals surface area contributed by atoms with Gasteiger partial charge in [-0.2, -0.15) is 0 Å². The number of carbonyl (C=O) groups is 1. The molecule has 4 nitrogen and oxygen atoms in total. The van der Waals surface area contributed by atoms with E-state index < -0.39 is 20.9 Å². The van der Waals surface area contributed by atoms with Crippen molar-refractivity contribution >= 4 is 15.7 Å². The fourth-order valence-electron chi connectivity index (χ4n) is 2.13. The predicted octanol–water partition coefficient (Wildman–Crippen LogP) is 1.86. The van der Waals surface area contributed by atoms with E-state index in [0.717, 1.165) is 12.1 Å². The maximum absolute atomic E-state index is 12.8. The second-order valence-electron chi connectivity index (χ2n) is 5.52. The molecule has 1 fully saturated rings. The van der Waals surface area contributed by atoms with Crippen molar-refractivity contribution in [3.63, 3.8) is 0 Å². The van der Waals surface area contributed by atoms with Crippen molar-refractivity contribution in [1.29, 1.82) is 0 Å². The molecular formula is C14H18FNO3S. The summed E-state index contributed by atoms with van der Waals surface area (Å²) in [5.74, 6) is -0.216. The Kier molecular flexibility index (Phi) is 4.13. The minimum Gasteiger partial charge on any atom is -0.340 e. The van der Waals surface area contributed by atoms with Gasteiger partial charge in [-0.15, -0.1) is 0 Å². The number of likely N-dealkylation sites (tertiary alicyclic amines) is 1. The lowest BCUT2D eigenvalue weighted by Crippen LogP contribution is -2.57. The van der Waals surface area contributed by atoms with Crippen LogP contribution in [0.5, 0.6) is 0 Å². The minimum atomic E-state index is -3.47. The Hall–Kier alpha value is -1.43. The molecule has 0 spiro atoms. The Balaban J connectivity index is 2.01. The van der Waals surface area contributed by atoms with Crippen LogP contribution in [0.2, 0.25) is 0 Å². The van der Waals surface area contributed by atoms with Crippen LogP contribution in [0.4, 0.5) is 4.39 Å². The van der Waals surface area contributed by atoms with Crippen LogP contribution in [-0.4, -0.2) is 37.6 Å². The first-order chi connectivity index (χ1) is 9.30. The summed E-state index contributed by atoms with van der Waals surface area (Å²) in [4.78, 5) is 13.4. The first kappa shape index (κ1) is 15.0. The number of rotatable bonds is 4. The van der Waals surface area contributed by atoms with E-state index in [1.807, 2.05) is 13.8 Å². The number of carbonyl (C=O) groups excluding carboxylic acids is 1. The van der Waals surface area contributed by atoms with E-state index in [4.69, 9.17) is 0 Å². The molecule has 6 heteroatoms. The summed E-state index contributed by atoms with van der Waals surface area (Å²) in [5.41, 5.74) is 0. The third-order valence-corrected chi connectivity index (χ3v) is 5.47. The predicted molar refractivity (Wildman–Crippen MR) is 73.4 cm³/mol. The van der Waals surface area contributed by atoms with Gasteiger partial charge in [0.25, 0.3) is 0 Å². The molecule has 1 aliphatic rings. The summed E-state index contributed by atoms with van der Waals surface area (Å²) in [6.45, 7) is 4.35. The van der Waals surface area contributed by atoms with E-state index >= 15 is 0 Å². The van der Waals surface area contributed by atoms with Gasteiger partial charge in [0.2, 0.25) is 5.91 Å². The molecule has 2 rings (SSSR count). The Bertz CT molecular complexity index is 589. The second kappa shape index (κ2) is 5.52. The smallest absolute Gasteiger partial charge is 0.222 e. The van der Waals surface area contributed by atoms with Crippen molar-refractivity contribution in [1.82, 2.24) is 4.90 Å². The number of hydrogen-bond donors (Lipinski definition) is 0. The van der Waals surface area contributed by atoms with Gasteiger partial charge >= 0.3 is 0 Å². The van der Waals surface area contributed by atoms with Gasteiger partial charge in [0.15, 0.2) is 9.84 Å². The van der Waals surface area contributed by atoms with Crippen LogP contribution in [0.3, 0.4) is 0 Å². The zero-order valence-corrected chi connectivity index (χ0v) is 12.4. The van der Waals surface area contributed by atoms with E-state index in [9.17, 15) is 17.6 Å². The summed E-state index contributed by atoms with van der Waals surface area (Å²) in [6.07, 6.45) is 0.434. The molecule has 1 aliphatic heterocycles. The molecule has 1 aromatic carbocycles. The SMILES string of the molecule is CC(C)CC(=O)N1CC(S(=O)(=O)c2ccc(F)cc2)C1. The maximum Gasteiger partial charge on any atom is 0.222 e. The maximum atomic E-state index is 12.8. The average molecular weight is 299 g/mol. The third kappa shape index (κ3) is 3.00. The Labute approximate surface area is 118 Å². The second-order valence-corrected chi connectivity index (χ2v) is 7.75. The van der Waals surface area contributed by atoms with Gasteiger partial charge in [-0.25, -0.2) is 12.8 Å². The van der Waals surface area contributed by atoms with Crippen LogP contribution < -0.4 is 0 Å². The van der Waals surface area contributed by atoms with Crippen molar-refractivity contribution in [2.45, 2.75) is 30.4 Å². The molecule has 0 saturated carbocycles. The van der Waals surface area contributed by atoms with Crippen molar-refractivity contribution in [2.24, 2.45) is 5.92 Å². The van der Waals surface area contributed by atoms with Gasteiger partial charge < -0.3 is 4.90 Å². The van der Waals surface area contributed by atoms with Crippen molar-refractivity contribution in [3.8, 4) is 0 Å². The fourth-order valence-corrected chi connectivity index (χ4v) is 3.79.